The molecule has 0 atom stereocenters. The number of methoxy groups -OCH3 is 2. The van der Waals surface area contributed by atoms with E-state index in [1.807, 2.05) is 0 Å². The maximum absolute atomic E-state index is 9.40. The van der Waals surface area contributed by atoms with Crippen LogP contribution in [0.2, 0.25) is 10.0 Å². The Balaban J connectivity index is 1.87. The number of aliphatic hydroxyl groups excluding tert-OH is 1. The molecule has 1 aromatic carbocycles. The van der Waals surface area contributed by atoms with Crippen molar-refractivity contribution >= 4 is 23.2 Å². The first kappa shape index (κ1) is 17.4. The van der Waals surface area contributed by atoms with Gasteiger partial charge in [0.05, 0.1) is 36.6 Å². The van der Waals surface area contributed by atoms with Crippen molar-refractivity contribution in [1.29, 1.82) is 0 Å². The minimum absolute atomic E-state index is 0.0719. The number of fused-ring (bicyclic) bond motifs is 1. The Kier molecular flexibility index (Phi) is 5.20. The Labute approximate surface area is 150 Å². The van der Waals surface area contributed by atoms with Crippen LogP contribution in [0.25, 0.3) is 0 Å². The van der Waals surface area contributed by atoms with Crippen molar-refractivity contribution in [2.75, 3.05) is 20.8 Å². The lowest BCUT2D eigenvalue weighted by Crippen LogP contribution is -2.30. The highest BCUT2D eigenvalue weighted by Crippen LogP contribution is 2.42. The van der Waals surface area contributed by atoms with Crippen molar-refractivity contribution in [2.45, 2.75) is 26.1 Å². The molecule has 0 amide bonds. The van der Waals surface area contributed by atoms with Crippen molar-refractivity contribution in [2.24, 2.45) is 0 Å². The predicted molar refractivity (Wildman–Crippen MR) is 91.9 cm³/mol. The van der Waals surface area contributed by atoms with Gasteiger partial charge in [-0.05, 0) is 0 Å². The maximum Gasteiger partial charge on any atom is 0.179 e. The molecule has 24 heavy (non-hydrogen) atoms. The van der Waals surface area contributed by atoms with Crippen LogP contribution < -0.4 is 9.47 Å². The number of aromatic amines is 1. The van der Waals surface area contributed by atoms with Gasteiger partial charge in [0.15, 0.2) is 11.5 Å². The first-order valence-electron chi connectivity index (χ1n) is 7.56. The minimum atomic E-state index is -0.0719. The van der Waals surface area contributed by atoms with E-state index in [4.69, 9.17) is 32.7 Å². The third-order valence-corrected chi connectivity index (χ3v) is 5.02. The molecular formula is C16H19Cl2N3O3. The summed E-state index contributed by atoms with van der Waals surface area (Å²) in [7, 11) is 3.10. The lowest BCUT2D eigenvalue weighted by atomic mass is 10.0. The van der Waals surface area contributed by atoms with Gasteiger partial charge in [0.2, 0.25) is 0 Å². The van der Waals surface area contributed by atoms with E-state index in [9.17, 15) is 5.11 Å². The number of benzene rings is 1. The summed E-state index contributed by atoms with van der Waals surface area (Å²) in [4.78, 5) is 2.22. The van der Waals surface area contributed by atoms with Crippen LogP contribution in [-0.2, 0) is 26.1 Å². The smallest absolute Gasteiger partial charge is 0.179 e. The fourth-order valence-electron chi connectivity index (χ4n) is 3.00. The van der Waals surface area contributed by atoms with Crippen LogP contribution in [0.3, 0.4) is 0 Å². The molecule has 0 spiro atoms. The zero-order valence-corrected chi connectivity index (χ0v) is 15.0. The molecule has 2 heterocycles. The van der Waals surface area contributed by atoms with Gasteiger partial charge < -0.3 is 14.6 Å². The molecule has 2 aromatic rings. The van der Waals surface area contributed by atoms with E-state index in [2.05, 4.69) is 15.1 Å². The second-order valence-electron chi connectivity index (χ2n) is 5.63. The van der Waals surface area contributed by atoms with Crippen LogP contribution in [0.5, 0.6) is 11.5 Å². The van der Waals surface area contributed by atoms with E-state index in [1.54, 1.807) is 20.3 Å². The summed E-state index contributed by atoms with van der Waals surface area (Å²) < 4.78 is 10.6. The van der Waals surface area contributed by atoms with E-state index < -0.39 is 0 Å². The van der Waals surface area contributed by atoms with Gasteiger partial charge in [-0.15, -0.1) is 0 Å². The first-order chi connectivity index (χ1) is 11.6. The van der Waals surface area contributed by atoms with Gasteiger partial charge in [0.25, 0.3) is 0 Å². The lowest BCUT2D eigenvalue weighted by Gasteiger charge is -2.28. The van der Waals surface area contributed by atoms with Crippen molar-refractivity contribution < 1.29 is 14.6 Å². The summed E-state index contributed by atoms with van der Waals surface area (Å²) in [6.45, 7) is 2.04. The van der Waals surface area contributed by atoms with E-state index in [-0.39, 0.29) is 6.61 Å². The first-order valence-corrected chi connectivity index (χ1v) is 8.31. The van der Waals surface area contributed by atoms with E-state index >= 15 is 0 Å². The molecule has 1 aliphatic rings. The average molecular weight is 372 g/mol. The van der Waals surface area contributed by atoms with Gasteiger partial charge in [0.1, 0.15) is 0 Å². The molecular weight excluding hydrogens is 353 g/mol. The largest absolute Gasteiger partial charge is 0.493 e. The molecule has 1 aliphatic heterocycles. The Bertz CT molecular complexity index is 735. The number of rotatable bonds is 5. The third-order valence-electron chi connectivity index (χ3n) is 4.29. The van der Waals surface area contributed by atoms with Crippen LogP contribution in [-0.4, -0.2) is 41.0 Å². The van der Waals surface area contributed by atoms with E-state index in [0.29, 0.717) is 40.3 Å². The van der Waals surface area contributed by atoms with E-state index in [1.165, 1.54) is 0 Å². The number of nitrogens with zero attached hydrogens (tertiary/aromatic N) is 2. The highest BCUT2D eigenvalue weighted by molar-refractivity contribution is 6.37. The summed E-state index contributed by atoms with van der Waals surface area (Å²) in [5.41, 5.74) is 3.63. The number of hydrogen-bond donors (Lipinski definition) is 2. The highest BCUT2D eigenvalue weighted by atomic mass is 35.5. The molecule has 0 radical (unpaired) electrons. The Morgan fingerprint density at radius 3 is 2.79 bits per heavy atom. The van der Waals surface area contributed by atoms with Gasteiger partial charge in [-0.25, -0.2) is 0 Å². The molecule has 0 saturated carbocycles. The van der Waals surface area contributed by atoms with Crippen molar-refractivity contribution in [1.82, 2.24) is 15.1 Å². The number of aliphatic hydroxyl groups is 1. The molecule has 0 fully saturated rings. The summed E-state index contributed by atoms with van der Waals surface area (Å²) in [5, 5.41) is 17.5. The minimum Gasteiger partial charge on any atom is -0.493 e. The SMILES string of the molecule is COc1cc(Cl)c(CN2CCc3[nH]nc(CO)c3C2)c(Cl)c1OC. The molecule has 0 saturated heterocycles. The third kappa shape index (κ3) is 3.07. The topological polar surface area (TPSA) is 70.6 Å². The zero-order valence-electron chi connectivity index (χ0n) is 13.5. The van der Waals surface area contributed by atoms with Gasteiger partial charge in [0, 0.05) is 48.9 Å². The molecule has 6 nitrogen and oxygen atoms in total. The molecule has 0 aliphatic carbocycles. The van der Waals surface area contributed by atoms with Crippen LogP contribution in [0.4, 0.5) is 0 Å². The number of halogens is 2. The Hall–Kier alpha value is -1.47. The summed E-state index contributed by atoms with van der Waals surface area (Å²) in [6, 6.07) is 1.72. The summed E-state index contributed by atoms with van der Waals surface area (Å²) in [5.74, 6) is 0.991. The average Bonchev–Trinajstić information content (AvgIpc) is 3.00. The van der Waals surface area contributed by atoms with Gasteiger partial charge in [-0.3, -0.25) is 10.00 Å². The molecule has 0 unspecified atom stereocenters. The molecule has 2 N–H and O–H groups in total. The second kappa shape index (κ2) is 7.19. The monoisotopic (exact) mass is 371 g/mol. The summed E-state index contributed by atoms with van der Waals surface area (Å²) in [6.07, 6.45) is 0.838. The van der Waals surface area contributed by atoms with Crippen LogP contribution >= 0.6 is 23.2 Å². The van der Waals surface area contributed by atoms with Crippen molar-refractivity contribution in [3.63, 3.8) is 0 Å². The lowest BCUT2D eigenvalue weighted by molar-refractivity contribution is 0.236. The number of ether oxygens (including phenoxy) is 2. The van der Waals surface area contributed by atoms with Gasteiger partial charge in [-0.2, -0.15) is 5.10 Å². The number of aromatic nitrogens is 2. The van der Waals surface area contributed by atoms with Crippen LogP contribution in [0.15, 0.2) is 6.07 Å². The quantitative estimate of drug-likeness (QED) is 0.845. The maximum atomic E-state index is 9.40. The number of nitrogens with one attached hydrogen (secondary N) is 1. The molecule has 1 aromatic heterocycles. The Morgan fingerprint density at radius 2 is 2.12 bits per heavy atom. The fraction of sp³-hybridized carbons (Fsp3) is 0.438. The van der Waals surface area contributed by atoms with Gasteiger partial charge in [-0.1, -0.05) is 23.2 Å². The number of H-pyrrole nitrogens is 1. The van der Waals surface area contributed by atoms with E-state index in [0.717, 1.165) is 29.8 Å². The fourth-order valence-corrected chi connectivity index (χ4v) is 3.64. The molecule has 130 valence electrons. The van der Waals surface area contributed by atoms with Gasteiger partial charge >= 0.3 is 0 Å². The summed E-state index contributed by atoms with van der Waals surface area (Å²) >= 11 is 12.9. The standard InChI is InChI=1S/C16H19Cl2N3O3/c1-23-14-5-11(17)9(15(18)16(14)24-2)6-21-4-3-12-10(7-21)13(8-22)20-19-12/h5,22H,3-4,6-8H2,1-2H3,(H,19,20). The number of hydrogen-bond acceptors (Lipinski definition) is 5. The van der Waals surface area contributed by atoms with Crippen LogP contribution in [0, 0.1) is 0 Å². The molecule has 3 rings (SSSR count). The normalized spacial score (nSPS) is 14.5. The zero-order chi connectivity index (χ0) is 17.3. The predicted octanol–water partition coefficient (Wildman–Crippen LogP) is 2.78. The highest BCUT2D eigenvalue weighted by Gasteiger charge is 2.24. The van der Waals surface area contributed by atoms with Crippen molar-refractivity contribution in [3.05, 3.63) is 38.6 Å². The molecule has 8 heteroatoms. The van der Waals surface area contributed by atoms with Crippen molar-refractivity contribution in [3.8, 4) is 11.5 Å². The second-order valence-corrected chi connectivity index (χ2v) is 6.42. The molecule has 0 bridgehead atoms. The Morgan fingerprint density at radius 1 is 1.33 bits per heavy atom. The van der Waals surface area contributed by atoms with Crippen LogP contribution in [0.1, 0.15) is 22.5 Å².